The number of rotatable bonds is 5. The second kappa shape index (κ2) is 5.93. The largest absolute Gasteiger partial charge is 0.395 e. The fourth-order valence-corrected chi connectivity index (χ4v) is 2.50. The standard InChI is InChI=1S/C12H15N3O5/c16-8-11-2-1-5-13(11)7-9-3-4-10(14(17)18)6-12(9)15(19)20/h3-4,6,11,16H,1-2,5,7-8H2/t11-/m1/s1. The van der Waals surface area contributed by atoms with E-state index in [-0.39, 0.29) is 24.0 Å². The Labute approximate surface area is 114 Å². The van der Waals surface area contributed by atoms with Crippen LogP contribution in [0.2, 0.25) is 0 Å². The first-order valence-corrected chi connectivity index (χ1v) is 6.29. The van der Waals surface area contributed by atoms with Crippen molar-refractivity contribution < 1.29 is 15.0 Å². The summed E-state index contributed by atoms with van der Waals surface area (Å²) in [6, 6.07) is 3.68. The Morgan fingerprint density at radius 3 is 2.65 bits per heavy atom. The van der Waals surface area contributed by atoms with Crippen LogP contribution in [0.25, 0.3) is 0 Å². The van der Waals surface area contributed by atoms with Crippen LogP contribution < -0.4 is 0 Å². The number of nitro benzene ring substituents is 2. The van der Waals surface area contributed by atoms with Crippen molar-refractivity contribution in [2.75, 3.05) is 13.2 Å². The number of benzene rings is 1. The minimum absolute atomic E-state index is 0.00444. The monoisotopic (exact) mass is 281 g/mol. The number of aliphatic hydroxyl groups is 1. The summed E-state index contributed by atoms with van der Waals surface area (Å²) < 4.78 is 0. The van der Waals surface area contributed by atoms with Gasteiger partial charge in [-0.05, 0) is 25.5 Å². The van der Waals surface area contributed by atoms with Crippen LogP contribution in [0.1, 0.15) is 18.4 Å². The molecule has 1 saturated heterocycles. The third-order valence-electron chi connectivity index (χ3n) is 3.56. The van der Waals surface area contributed by atoms with E-state index in [0.717, 1.165) is 25.5 Å². The number of non-ortho nitro benzene ring substituents is 1. The van der Waals surface area contributed by atoms with Gasteiger partial charge in [0.05, 0.1) is 22.5 Å². The van der Waals surface area contributed by atoms with Gasteiger partial charge in [0.2, 0.25) is 0 Å². The summed E-state index contributed by atoms with van der Waals surface area (Å²) in [7, 11) is 0. The molecule has 1 aliphatic heterocycles. The van der Waals surface area contributed by atoms with Gasteiger partial charge in [-0.3, -0.25) is 25.1 Å². The van der Waals surface area contributed by atoms with Gasteiger partial charge < -0.3 is 5.11 Å². The maximum atomic E-state index is 11.0. The van der Waals surface area contributed by atoms with Gasteiger partial charge in [0.25, 0.3) is 11.4 Å². The van der Waals surface area contributed by atoms with E-state index in [4.69, 9.17) is 0 Å². The van der Waals surface area contributed by atoms with E-state index in [1.165, 1.54) is 12.1 Å². The fraction of sp³-hybridized carbons (Fsp3) is 0.500. The summed E-state index contributed by atoms with van der Waals surface area (Å²) >= 11 is 0. The van der Waals surface area contributed by atoms with E-state index < -0.39 is 9.85 Å². The van der Waals surface area contributed by atoms with E-state index >= 15 is 0 Å². The maximum Gasteiger partial charge on any atom is 0.280 e. The molecule has 1 fully saturated rings. The lowest BCUT2D eigenvalue weighted by molar-refractivity contribution is -0.394. The van der Waals surface area contributed by atoms with Crippen LogP contribution in [0.15, 0.2) is 18.2 Å². The molecule has 1 N–H and O–H groups in total. The summed E-state index contributed by atoms with van der Waals surface area (Å²) in [6.07, 6.45) is 1.79. The molecule has 108 valence electrons. The Morgan fingerprint density at radius 2 is 2.05 bits per heavy atom. The van der Waals surface area contributed by atoms with Gasteiger partial charge in [0.15, 0.2) is 0 Å². The van der Waals surface area contributed by atoms with Crippen molar-refractivity contribution >= 4 is 11.4 Å². The zero-order chi connectivity index (χ0) is 14.7. The number of nitro groups is 2. The zero-order valence-corrected chi connectivity index (χ0v) is 10.8. The van der Waals surface area contributed by atoms with Crippen molar-refractivity contribution in [3.63, 3.8) is 0 Å². The van der Waals surface area contributed by atoms with Crippen LogP contribution in [0.5, 0.6) is 0 Å². The molecule has 0 aromatic heterocycles. The van der Waals surface area contributed by atoms with E-state index in [2.05, 4.69) is 0 Å². The molecule has 0 bridgehead atoms. The molecule has 1 heterocycles. The van der Waals surface area contributed by atoms with Crippen molar-refractivity contribution in [1.29, 1.82) is 0 Å². The van der Waals surface area contributed by atoms with Gasteiger partial charge in [0.1, 0.15) is 0 Å². The van der Waals surface area contributed by atoms with Gasteiger partial charge in [-0.15, -0.1) is 0 Å². The van der Waals surface area contributed by atoms with Crippen LogP contribution in [0, 0.1) is 20.2 Å². The Kier molecular flexibility index (Phi) is 4.26. The highest BCUT2D eigenvalue weighted by Gasteiger charge is 2.27. The highest BCUT2D eigenvalue weighted by atomic mass is 16.6. The predicted molar refractivity (Wildman–Crippen MR) is 70.3 cm³/mol. The van der Waals surface area contributed by atoms with Crippen LogP contribution in [0.3, 0.4) is 0 Å². The second-order valence-electron chi connectivity index (χ2n) is 4.78. The average Bonchev–Trinajstić information content (AvgIpc) is 2.85. The molecule has 1 atom stereocenters. The van der Waals surface area contributed by atoms with Crippen LogP contribution >= 0.6 is 0 Å². The molecule has 20 heavy (non-hydrogen) atoms. The quantitative estimate of drug-likeness (QED) is 0.646. The highest BCUT2D eigenvalue weighted by molar-refractivity contribution is 5.49. The normalized spacial score (nSPS) is 19.1. The molecule has 0 unspecified atom stereocenters. The molecule has 8 nitrogen and oxygen atoms in total. The molecule has 1 aromatic rings. The van der Waals surface area contributed by atoms with Crippen molar-refractivity contribution in [2.45, 2.75) is 25.4 Å². The topological polar surface area (TPSA) is 110 Å². The van der Waals surface area contributed by atoms with Crippen molar-refractivity contribution in [1.82, 2.24) is 4.90 Å². The fourth-order valence-electron chi connectivity index (χ4n) is 2.50. The lowest BCUT2D eigenvalue weighted by atomic mass is 10.1. The Hall–Kier alpha value is -2.06. The molecule has 2 rings (SSSR count). The highest BCUT2D eigenvalue weighted by Crippen LogP contribution is 2.28. The molecule has 0 amide bonds. The van der Waals surface area contributed by atoms with Crippen LogP contribution in [-0.2, 0) is 6.54 Å². The third kappa shape index (κ3) is 2.91. The van der Waals surface area contributed by atoms with Gasteiger partial charge in [-0.2, -0.15) is 0 Å². The second-order valence-corrected chi connectivity index (χ2v) is 4.78. The first-order chi connectivity index (χ1) is 9.52. The number of likely N-dealkylation sites (tertiary alicyclic amines) is 1. The summed E-state index contributed by atoms with van der Waals surface area (Å²) in [5.41, 5.74) is -0.107. The van der Waals surface area contributed by atoms with E-state index in [1.807, 2.05) is 4.90 Å². The number of nitrogens with zero attached hydrogens (tertiary/aromatic N) is 3. The Bertz CT molecular complexity index is 534. The van der Waals surface area contributed by atoms with Gasteiger partial charge in [0, 0.05) is 24.2 Å². The van der Waals surface area contributed by atoms with Crippen LogP contribution in [-0.4, -0.2) is 39.0 Å². The van der Waals surface area contributed by atoms with Gasteiger partial charge in [-0.25, -0.2) is 0 Å². The molecular weight excluding hydrogens is 266 g/mol. The van der Waals surface area contributed by atoms with Gasteiger partial charge >= 0.3 is 0 Å². The lowest BCUT2D eigenvalue weighted by Crippen LogP contribution is -2.31. The maximum absolute atomic E-state index is 11.0. The van der Waals surface area contributed by atoms with E-state index in [0.29, 0.717) is 12.1 Å². The van der Waals surface area contributed by atoms with Crippen LogP contribution in [0.4, 0.5) is 11.4 Å². The number of hydrogen-bond acceptors (Lipinski definition) is 6. The molecule has 1 aromatic carbocycles. The molecule has 0 spiro atoms. The van der Waals surface area contributed by atoms with Crippen molar-refractivity contribution in [3.05, 3.63) is 44.0 Å². The summed E-state index contributed by atoms with van der Waals surface area (Å²) in [5.74, 6) is 0. The minimum Gasteiger partial charge on any atom is -0.395 e. The Balaban J connectivity index is 2.27. The van der Waals surface area contributed by atoms with Gasteiger partial charge in [-0.1, -0.05) is 0 Å². The van der Waals surface area contributed by atoms with E-state index in [9.17, 15) is 25.3 Å². The van der Waals surface area contributed by atoms with E-state index in [1.54, 1.807) is 0 Å². The lowest BCUT2D eigenvalue weighted by Gasteiger charge is -2.22. The zero-order valence-electron chi connectivity index (χ0n) is 10.8. The first kappa shape index (κ1) is 14.4. The number of hydrogen-bond donors (Lipinski definition) is 1. The SMILES string of the molecule is O=[N+]([O-])c1ccc(CN2CCC[C@@H]2CO)c([N+](=O)[O-])c1. The molecular formula is C12H15N3O5. The smallest absolute Gasteiger partial charge is 0.280 e. The number of aliphatic hydroxyl groups excluding tert-OH is 1. The average molecular weight is 281 g/mol. The summed E-state index contributed by atoms with van der Waals surface area (Å²) in [6.45, 7) is 1.10. The minimum atomic E-state index is -0.650. The summed E-state index contributed by atoms with van der Waals surface area (Å²) in [5, 5.41) is 31.0. The Morgan fingerprint density at radius 1 is 1.30 bits per heavy atom. The third-order valence-corrected chi connectivity index (χ3v) is 3.56. The molecule has 1 aliphatic rings. The molecule has 8 heteroatoms. The first-order valence-electron chi connectivity index (χ1n) is 6.29. The predicted octanol–water partition coefficient (Wildman–Crippen LogP) is 1.46. The van der Waals surface area contributed by atoms with Crippen molar-refractivity contribution in [3.8, 4) is 0 Å². The molecule has 0 aliphatic carbocycles. The summed E-state index contributed by atoms with van der Waals surface area (Å²) in [4.78, 5) is 22.4. The van der Waals surface area contributed by atoms with Crippen molar-refractivity contribution in [2.24, 2.45) is 0 Å². The molecule has 0 radical (unpaired) electrons. The molecule has 0 saturated carbocycles.